The summed E-state index contributed by atoms with van der Waals surface area (Å²) in [6.45, 7) is 5.44. The first-order valence-corrected chi connectivity index (χ1v) is 11.9. The van der Waals surface area contributed by atoms with Crippen molar-refractivity contribution >= 4 is 38.9 Å². The van der Waals surface area contributed by atoms with E-state index in [0.717, 1.165) is 16.2 Å². The molecule has 1 aliphatic heterocycles. The Labute approximate surface area is 181 Å². The van der Waals surface area contributed by atoms with Gasteiger partial charge in [-0.15, -0.1) is 0 Å². The standard InChI is InChI=1S/C21H25ClFN3O3S/c1-15-4-5-17(22)14-20(15)26(30(3,28)29)16(2)21(27)25-12-10-24(11-13-25)19-8-6-18(23)7-9-19/h4-9,14,16H,10-13H2,1-3H3. The lowest BCUT2D eigenvalue weighted by molar-refractivity contribution is -0.132. The molecule has 0 aromatic heterocycles. The molecule has 2 aromatic carbocycles. The van der Waals surface area contributed by atoms with E-state index in [9.17, 15) is 17.6 Å². The summed E-state index contributed by atoms with van der Waals surface area (Å²) in [6.07, 6.45) is 1.09. The van der Waals surface area contributed by atoms with E-state index in [2.05, 4.69) is 4.90 Å². The molecule has 0 saturated carbocycles. The van der Waals surface area contributed by atoms with Crippen LogP contribution in [0.4, 0.5) is 15.8 Å². The van der Waals surface area contributed by atoms with E-state index in [4.69, 9.17) is 11.6 Å². The van der Waals surface area contributed by atoms with Gasteiger partial charge in [0.1, 0.15) is 11.9 Å². The van der Waals surface area contributed by atoms with E-state index in [1.807, 2.05) is 0 Å². The van der Waals surface area contributed by atoms with Gasteiger partial charge in [-0.3, -0.25) is 9.10 Å². The second-order valence-electron chi connectivity index (χ2n) is 7.45. The SMILES string of the molecule is Cc1ccc(Cl)cc1N(C(C)C(=O)N1CCN(c2ccc(F)cc2)CC1)S(C)(=O)=O. The predicted octanol–water partition coefficient (Wildman–Crippen LogP) is 3.29. The lowest BCUT2D eigenvalue weighted by atomic mass is 10.1. The average Bonchev–Trinajstić information content (AvgIpc) is 2.70. The number of carbonyl (C=O) groups excluding carboxylic acids is 1. The Morgan fingerprint density at radius 3 is 2.27 bits per heavy atom. The minimum absolute atomic E-state index is 0.265. The number of halogens is 2. The van der Waals surface area contributed by atoms with Gasteiger partial charge in [-0.2, -0.15) is 0 Å². The smallest absolute Gasteiger partial charge is 0.246 e. The first kappa shape index (κ1) is 22.4. The molecule has 1 aliphatic rings. The molecule has 9 heteroatoms. The van der Waals surface area contributed by atoms with E-state index in [0.29, 0.717) is 42.5 Å². The third-order valence-corrected chi connectivity index (χ3v) is 6.72. The molecule has 1 saturated heterocycles. The van der Waals surface area contributed by atoms with Gasteiger partial charge in [0.25, 0.3) is 0 Å². The number of carbonyl (C=O) groups is 1. The third-order valence-electron chi connectivity index (χ3n) is 5.26. The highest BCUT2D eigenvalue weighted by Crippen LogP contribution is 2.29. The molecule has 1 amide bonds. The molecule has 6 nitrogen and oxygen atoms in total. The third kappa shape index (κ3) is 4.87. The highest BCUT2D eigenvalue weighted by atomic mass is 35.5. The number of hydrogen-bond acceptors (Lipinski definition) is 4. The summed E-state index contributed by atoms with van der Waals surface area (Å²) in [6, 6.07) is 10.3. The van der Waals surface area contributed by atoms with Gasteiger partial charge in [0.05, 0.1) is 11.9 Å². The maximum Gasteiger partial charge on any atom is 0.246 e. The van der Waals surface area contributed by atoms with Crippen molar-refractivity contribution in [1.82, 2.24) is 4.90 Å². The maximum absolute atomic E-state index is 13.2. The number of amides is 1. The van der Waals surface area contributed by atoms with Crippen molar-refractivity contribution in [2.45, 2.75) is 19.9 Å². The molecular weight excluding hydrogens is 429 g/mol. The summed E-state index contributed by atoms with van der Waals surface area (Å²) >= 11 is 6.08. The van der Waals surface area contributed by atoms with Crippen LogP contribution in [0.2, 0.25) is 5.02 Å². The highest BCUT2D eigenvalue weighted by molar-refractivity contribution is 7.92. The van der Waals surface area contributed by atoms with Crippen LogP contribution in [0.15, 0.2) is 42.5 Å². The van der Waals surface area contributed by atoms with E-state index in [-0.39, 0.29) is 11.7 Å². The summed E-state index contributed by atoms with van der Waals surface area (Å²) in [5.74, 6) is -0.558. The van der Waals surface area contributed by atoms with E-state index in [1.54, 1.807) is 49.1 Å². The zero-order valence-electron chi connectivity index (χ0n) is 17.2. The minimum Gasteiger partial charge on any atom is -0.368 e. The van der Waals surface area contributed by atoms with Crippen molar-refractivity contribution < 1.29 is 17.6 Å². The van der Waals surface area contributed by atoms with E-state index >= 15 is 0 Å². The molecular formula is C21H25ClFN3O3S. The lowest BCUT2D eigenvalue weighted by Crippen LogP contribution is -2.55. The van der Waals surface area contributed by atoms with Crippen LogP contribution in [-0.4, -0.2) is 57.7 Å². The number of piperazine rings is 1. The molecule has 1 atom stereocenters. The van der Waals surface area contributed by atoms with Gasteiger partial charge in [0, 0.05) is 36.9 Å². The van der Waals surface area contributed by atoms with Gasteiger partial charge >= 0.3 is 0 Å². The molecule has 1 fully saturated rings. The fourth-order valence-electron chi connectivity index (χ4n) is 3.70. The van der Waals surface area contributed by atoms with Crippen molar-refractivity contribution in [1.29, 1.82) is 0 Å². The van der Waals surface area contributed by atoms with Gasteiger partial charge in [-0.1, -0.05) is 17.7 Å². The Bertz CT molecular complexity index is 1020. The Morgan fingerprint density at radius 2 is 1.70 bits per heavy atom. The highest BCUT2D eigenvalue weighted by Gasteiger charge is 2.34. The molecule has 3 rings (SSSR count). The quantitative estimate of drug-likeness (QED) is 0.697. The molecule has 0 bridgehead atoms. The Balaban J connectivity index is 1.76. The van der Waals surface area contributed by atoms with Crippen LogP contribution in [0.1, 0.15) is 12.5 Å². The van der Waals surface area contributed by atoms with Crippen molar-refractivity contribution in [2.75, 3.05) is 41.6 Å². The largest absolute Gasteiger partial charge is 0.368 e. The van der Waals surface area contributed by atoms with Crippen LogP contribution < -0.4 is 9.21 Å². The van der Waals surface area contributed by atoms with E-state index in [1.165, 1.54) is 12.1 Å². The van der Waals surface area contributed by atoms with Crippen LogP contribution in [-0.2, 0) is 14.8 Å². The topological polar surface area (TPSA) is 60.9 Å². The molecule has 0 aliphatic carbocycles. The molecule has 0 N–H and O–H groups in total. The fraction of sp³-hybridized carbons (Fsp3) is 0.381. The molecule has 162 valence electrons. The number of benzene rings is 2. The monoisotopic (exact) mass is 453 g/mol. The van der Waals surface area contributed by atoms with Gasteiger partial charge in [0.15, 0.2) is 0 Å². The lowest BCUT2D eigenvalue weighted by Gasteiger charge is -2.39. The summed E-state index contributed by atoms with van der Waals surface area (Å²) < 4.78 is 39.4. The summed E-state index contributed by atoms with van der Waals surface area (Å²) in [7, 11) is -3.72. The van der Waals surface area contributed by atoms with Crippen molar-refractivity contribution in [3.8, 4) is 0 Å². The predicted molar refractivity (Wildman–Crippen MR) is 118 cm³/mol. The van der Waals surface area contributed by atoms with Crippen LogP contribution in [0.3, 0.4) is 0 Å². The molecule has 1 unspecified atom stereocenters. The van der Waals surface area contributed by atoms with Gasteiger partial charge in [0.2, 0.25) is 15.9 Å². The summed E-state index contributed by atoms with van der Waals surface area (Å²) in [5.41, 5.74) is 2.00. The van der Waals surface area contributed by atoms with Crippen LogP contribution in [0.5, 0.6) is 0 Å². The fourth-order valence-corrected chi connectivity index (χ4v) is 5.08. The van der Waals surface area contributed by atoms with Crippen molar-refractivity contribution in [2.24, 2.45) is 0 Å². The molecule has 1 heterocycles. The van der Waals surface area contributed by atoms with Gasteiger partial charge < -0.3 is 9.80 Å². The Morgan fingerprint density at radius 1 is 1.10 bits per heavy atom. The number of nitrogens with zero attached hydrogens (tertiary/aromatic N) is 3. The van der Waals surface area contributed by atoms with Crippen LogP contribution >= 0.6 is 11.6 Å². The van der Waals surface area contributed by atoms with Crippen LogP contribution in [0.25, 0.3) is 0 Å². The van der Waals surface area contributed by atoms with Crippen molar-refractivity contribution in [3.63, 3.8) is 0 Å². The first-order chi connectivity index (χ1) is 14.1. The molecule has 30 heavy (non-hydrogen) atoms. The average molecular weight is 454 g/mol. The maximum atomic E-state index is 13.2. The summed E-state index contributed by atoms with van der Waals surface area (Å²) in [5, 5.41) is 0.400. The first-order valence-electron chi connectivity index (χ1n) is 9.63. The van der Waals surface area contributed by atoms with Gasteiger partial charge in [-0.05, 0) is 55.8 Å². The van der Waals surface area contributed by atoms with Crippen molar-refractivity contribution in [3.05, 3.63) is 58.9 Å². The normalized spacial score (nSPS) is 15.8. The number of aryl methyl sites for hydroxylation is 1. The Hall–Kier alpha value is -2.32. The molecule has 2 aromatic rings. The zero-order valence-corrected chi connectivity index (χ0v) is 18.8. The molecule has 0 spiro atoms. The zero-order chi connectivity index (χ0) is 22.1. The van der Waals surface area contributed by atoms with Crippen LogP contribution in [0, 0.1) is 12.7 Å². The Kier molecular flexibility index (Phi) is 6.57. The number of anilines is 2. The second kappa shape index (κ2) is 8.81. The van der Waals surface area contributed by atoms with E-state index < -0.39 is 16.1 Å². The second-order valence-corrected chi connectivity index (χ2v) is 9.75. The number of rotatable bonds is 5. The molecule has 0 radical (unpaired) electrons. The summed E-state index contributed by atoms with van der Waals surface area (Å²) in [4.78, 5) is 16.9. The number of sulfonamides is 1. The minimum atomic E-state index is -3.72. The van der Waals surface area contributed by atoms with Gasteiger partial charge in [-0.25, -0.2) is 12.8 Å². The number of hydrogen-bond donors (Lipinski definition) is 0.